The molecule has 5 nitrogen and oxygen atoms in total. The fourth-order valence-corrected chi connectivity index (χ4v) is 4.20. The second-order valence-corrected chi connectivity index (χ2v) is 8.34. The van der Waals surface area contributed by atoms with Crippen molar-refractivity contribution in [1.29, 1.82) is 0 Å². The van der Waals surface area contributed by atoms with Crippen LogP contribution in [-0.4, -0.2) is 40.3 Å². The summed E-state index contributed by atoms with van der Waals surface area (Å²) in [5, 5.41) is 4.46. The molecule has 0 unspecified atom stereocenters. The molecule has 0 radical (unpaired) electrons. The molecule has 1 aromatic heterocycles. The van der Waals surface area contributed by atoms with E-state index in [9.17, 15) is 4.79 Å². The predicted molar refractivity (Wildman–Crippen MR) is 111 cm³/mol. The van der Waals surface area contributed by atoms with Crippen molar-refractivity contribution in [1.82, 2.24) is 14.7 Å². The molecule has 1 aliphatic rings. The van der Waals surface area contributed by atoms with Crippen LogP contribution in [0.5, 0.6) is 0 Å². The summed E-state index contributed by atoms with van der Waals surface area (Å²) in [5.41, 5.74) is 3.20. The Morgan fingerprint density at radius 1 is 1.32 bits per heavy atom. The lowest BCUT2D eigenvalue weighted by Crippen LogP contribution is -2.49. The lowest BCUT2D eigenvalue weighted by Gasteiger charge is -2.41. The Kier molecular flexibility index (Phi) is 6.55. The molecular formula is C23H33N3O2. The highest BCUT2D eigenvalue weighted by Gasteiger charge is 2.43. The van der Waals surface area contributed by atoms with Crippen molar-refractivity contribution < 1.29 is 9.53 Å². The summed E-state index contributed by atoms with van der Waals surface area (Å²) in [7, 11) is 0. The van der Waals surface area contributed by atoms with Crippen molar-refractivity contribution in [3.63, 3.8) is 0 Å². The first-order chi connectivity index (χ1) is 13.4. The number of aryl methyl sites for hydroxylation is 1. The fraction of sp³-hybridized carbons (Fsp3) is 0.565. The molecule has 0 saturated carbocycles. The molecule has 0 aliphatic carbocycles. The van der Waals surface area contributed by atoms with Crippen LogP contribution >= 0.6 is 0 Å². The van der Waals surface area contributed by atoms with Crippen molar-refractivity contribution in [2.24, 2.45) is 5.41 Å². The van der Waals surface area contributed by atoms with Gasteiger partial charge >= 0.3 is 5.97 Å². The van der Waals surface area contributed by atoms with Crippen molar-refractivity contribution in [2.75, 3.05) is 19.7 Å². The van der Waals surface area contributed by atoms with Gasteiger partial charge in [0.1, 0.15) is 0 Å². The van der Waals surface area contributed by atoms with Crippen LogP contribution in [0.2, 0.25) is 0 Å². The number of carbonyl (C=O) groups is 1. The summed E-state index contributed by atoms with van der Waals surface area (Å²) in [4.78, 5) is 15.5. The summed E-state index contributed by atoms with van der Waals surface area (Å²) in [6.45, 7) is 11.2. The highest BCUT2D eigenvalue weighted by Crippen LogP contribution is 2.36. The zero-order valence-electron chi connectivity index (χ0n) is 17.6. The highest BCUT2D eigenvalue weighted by molar-refractivity contribution is 5.78. The number of aromatic nitrogens is 2. The number of carbonyl (C=O) groups excluding carboxylic acids is 1. The maximum Gasteiger partial charge on any atom is 0.313 e. The fourth-order valence-electron chi connectivity index (χ4n) is 4.20. The molecule has 1 saturated heterocycles. The predicted octanol–water partition coefficient (Wildman–Crippen LogP) is 4.16. The lowest BCUT2D eigenvalue weighted by atomic mass is 9.74. The van der Waals surface area contributed by atoms with Gasteiger partial charge in [-0.1, -0.05) is 24.3 Å². The van der Waals surface area contributed by atoms with Gasteiger partial charge in [-0.3, -0.25) is 14.4 Å². The maximum absolute atomic E-state index is 13.1. The third-order valence-electron chi connectivity index (χ3n) is 5.74. The first-order valence-corrected chi connectivity index (χ1v) is 10.4. The molecule has 1 atom stereocenters. The van der Waals surface area contributed by atoms with Crippen molar-refractivity contribution in [3.8, 4) is 0 Å². The number of nitrogens with zero attached hydrogens (tertiary/aromatic N) is 3. The number of hydrogen-bond acceptors (Lipinski definition) is 4. The molecule has 1 aliphatic heterocycles. The third-order valence-corrected chi connectivity index (χ3v) is 5.74. The van der Waals surface area contributed by atoms with E-state index in [1.165, 1.54) is 16.7 Å². The smallest absolute Gasteiger partial charge is 0.313 e. The number of likely N-dealkylation sites (tertiary alicyclic amines) is 1. The Morgan fingerprint density at radius 2 is 2.11 bits per heavy atom. The minimum Gasteiger partial charge on any atom is -0.466 e. The van der Waals surface area contributed by atoms with E-state index in [2.05, 4.69) is 61.2 Å². The van der Waals surface area contributed by atoms with E-state index in [1.54, 1.807) is 0 Å². The van der Waals surface area contributed by atoms with Crippen LogP contribution in [0.1, 0.15) is 56.3 Å². The molecule has 152 valence electrons. The molecule has 5 heteroatoms. The van der Waals surface area contributed by atoms with Gasteiger partial charge < -0.3 is 4.74 Å². The van der Waals surface area contributed by atoms with Crippen LogP contribution in [-0.2, 0) is 22.5 Å². The van der Waals surface area contributed by atoms with Gasteiger partial charge in [-0.2, -0.15) is 5.10 Å². The summed E-state index contributed by atoms with van der Waals surface area (Å²) in [6, 6.07) is 8.73. The Hall–Kier alpha value is -2.14. The topological polar surface area (TPSA) is 47.4 Å². The van der Waals surface area contributed by atoms with Gasteiger partial charge in [0.2, 0.25) is 0 Å². The first-order valence-electron chi connectivity index (χ1n) is 10.4. The Bertz CT molecular complexity index is 799. The summed E-state index contributed by atoms with van der Waals surface area (Å²) >= 11 is 0. The number of ether oxygens (including phenoxy) is 1. The lowest BCUT2D eigenvalue weighted by molar-refractivity contribution is -0.159. The molecule has 0 N–H and O–H groups in total. The van der Waals surface area contributed by atoms with Crippen molar-refractivity contribution in [2.45, 2.75) is 59.5 Å². The van der Waals surface area contributed by atoms with Crippen LogP contribution in [0, 0.1) is 12.3 Å². The molecule has 0 bridgehead atoms. The largest absolute Gasteiger partial charge is 0.466 e. The Labute approximate surface area is 168 Å². The minimum atomic E-state index is -0.478. The molecule has 0 amide bonds. The van der Waals surface area contributed by atoms with Crippen LogP contribution in [0.25, 0.3) is 0 Å². The maximum atomic E-state index is 13.1. The second kappa shape index (κ2) is 8.91. The van der Waals surface area contributed by atoms with Crippen LogP contribution < -0.4 is 0 Å². The van der Waals surface area contributed by atoms with E-state index < -0.39 is 5.41 Å². The quantitative estimate of drug-likeness (QED) is 0.674. The van der Waals surface area contributed by atoms with Gasteiger partial charge in [-0.25, -0.2) is 0 Å². The molecular weight excluding hydrogens is 350 g/mol. The van der Waals surface area contributed by atoms with E-state index in [0.29, 0.717) is 12.6 Å². The minimum absolute atomic E-state index is 0.0548. The van der Waals surface area contributed by atoms with E-state index in [0.717, 1.165) is 38.9 Å². The number of hydrogen-bond donors (Lipinski definition) is 0. The zero-order chi connectivity index (χ0) is 20.1. The Balaban J connectivity index is 1.80. The van der Waals surface area contributed by atoms with Gasteiger partial charge in [0.15, 0.2) is 0 Å². The van der Waals surface area contributed by atoms with Crippen molar-refractivity contribution >= 4 is 5.97 Å². The van der Waals surface area contributed by atoms with Gasteiger partial charge in [-0.05, 0) is 64.6 Å². The molecule has 2 heterocycles. The van der Waals surface area contributed by atoms with Crippen LogP contribution in [0.4, 0.5) is 0 Å². The SMILES string of the molecule is CCOC(=O)[C@@]1(Cc2ccccc2C)CCCN(Cc2cnn(C(C)C)c2)C1. The van der Waals surface area contributed by atoms with Crippen LogP contribution in [0.3, 0.4) is 0 Å². The van der Waals surface area contributed by atoms with Gasteiger partial charge in [0, 0.05) is 30.9 Å². The third kappa shape index (κ3) is 4.64. The number of esters is 1. The van der Waals surface area contributed by atoms with Crippen LogP contribution in [0.15, 0.2) is 36.7 Å². The molecule has 3 rings (SSSR count). The summed E-state index contributed by atoms with van der Waals surface area (Å²) in [6.07, 6.45) is 6.68. The first kappa shape index (κ1) is 20.6. The second-order valence-electron chi connectivity index (χ2n) is 8.34. The molecule has 1 fully saturated rings. The van der Waals surface area contributed by atoms with Gasteiger partial charge in [0.25, 0.3) is 0 Å². The Morgan fingerprint density at radius 3 is 2.79 bits per heavy atom. The average molecular weight is 384 g/mol. The van der Waals surface area contributed by atoms with E-state index in [1.807, 2.05) is 17.8 Å². The van der Waals surface area contributed by atoms with Gasteiger partial charge in [0.05, 0.1) is 18.2 Å². The van der Waals surface area contributed by atoms with Crippen molar-refractivity contribution in [3.05, 3.63) is 53.3 Å². The summed E-state index contributed by atoms with van der Waals surface area (Å²) in [5.74, 6) is -0.0548. The van der Waals surface area contributed by atoms with E-state index in [-0.39, 0.29) is 5.97 Å². The summed E-state index contributed by atoms with van der Waals surface area (Å²) < 4.78 is 7.54. The van der Waals surface area contributed by atoms with Gasteiger partial charge in [-0.15, -0.1) is 0 Å². The normalized spacial score (nSPS) is 20.5. The van der Waals surface area contributed by atoms with E-state index >= 15 is 0 Å². The standard InChI is InChI=1S/C23H33N3O2/c1-5-28-22(27)23(13-21-10-7-6-9-19(21)4)11-8-12-25(17-23)15-20-14-24-26(16-20)18(2)3/h6-7,9-10,14,16,18H,5,8,11-13,15,17H2,1-4H3/t23-/m1/s1. The number of piperidine rings is 1. The average Bonchev–Trinajstić information content (AvgIpc) is 3.13. The number of benzene rings is 1. The molecule has 2 aromatic rings. The molecule has 28 heavy (non-hydrogen) atoms. The highest BCUT2D eigenvalue weighted by atomic mass is 16.5. The number of rotatable bonds is 7. The molecule has 0 spiro atoms. The zero-order valence-corrected chi connectivity index (χ0v) is 17.6. The monoisotopic (exact) mass is 383 g/mol. The molecule has 1 aromatic carbocycles. The van der Waals surface area contributed by atoms with E-state index in [4.69, 9.17) is 4.74 Å².